The van der Waals surface area contributed by atoms with Crippen LogP contribution in [0.5, 0.6) is 0 Å². The van der Waals surface area contributed by atoms with Crippen molar-refractivity contribution < 1.29 is 0 Å². The predicted molar refractivity (Wildman–Crippen MR) is 88.2 cm³/mol. The topological polar surface area (TPSA) is 38.9 Å². The highest BCUT2D eigenvalue weighted by molar-refractivity contribution is 7.09. The monoisotopic (exact) mass is 294 g/mol. The molecule has 2 nitrogen and oxygen atoms in total. The lowest BCUT2D eigenvalue weighted by Crippen LogP contribution is -2.36. The van der Waals surface area contributed by atoms with Crippen LogP contribution in [0.3, 0.4) is 0 Å². The maximum atomic E-state index is 6.45. The van der Waals surface area contributed by atoms with Gasteiger partial charge in [-0.2, -0.15) is 0 Å². The van der Waals surface area contributed by atoms with Crippen LogP contribution < -0.4 is 5.73 Å². The molecular weight excluding hydrogens is 264 g/mol. The fourth-order valence-corrected chi connectivity index (χ4v) is 4.06. The summed E-state index contributed by atoms with van der Waals surface area (Å²) in [7, 11) is 0. The highest BCUT2D eigenvalue weighted by Gasteiger charge is 2.30. The van der Waals surface area contributed by atoms with Crippen molar-refractivity contribution in [1.29, 1.82) is 0 Å². The zero-order valence-electron chi connectivity index (χ0n) is 13.7. The van der Waals surface area contributed by atoms with Crippen molar-refractivity contribution in [2.45, 2.75) is 78.2 Å². The third kappa shape index (κ3) is 4.05. The fraction of sp³-hybridized carbons (Fsp3) is 0.824. The first-order valence-electron chi connectivity index (χ1n) is 7.88. The Balaban J connectivity index is 1.92. The first-order valence-corrected chi connectivity index (χ1v) is 8.76. The quantitative estimate of drug-likeness (QED) is 0.889. The highest BCUT2D eigenvalue weighted by Crippen LogP contribution is 2.39. The number of hydrogen-bond donors (Lipinski definition) is 1. The maximum Gasteiger partial charge on any atom is 0.0944 e. The van der Waals surface area contributed by atoms with E-state index in [0.717, 1.165) is 6.42 Å². The minimum absolute atomic E-state index is 0.147. The van der Waals surface area contributed by atoms with Crippen molar-refractivity contribution in [1.82, 2.24) is 4.98 Å². The van der Waals surface area contributed by atoms with Gasteiger partial charge in [0.25, 0.3) is 0 Å². The van der Waals surface area contributed by atoms with E-state index in [4.69, 9.17) is 10.7 Å². The molecule has 1 heterocycles. The van der Waals surface area contributed by atoms with Crippen LogP contribution in [-0.2, 0) is 11.8 Å². The molecule has 1 saturated carbocycles. The van der Waals surface area contributed by atoms with Gasteiger partial charge in [0.15, 0.2) is 0 Å². The van der Waals surface area contributed by atoms with Gasteiger partial charge in [-0.05, 0) is 37.0 Å². The van der Waals surface area contributed by atoms with E-state index < -0.39 is 0 Å². The van der Waals surface area contributed by atoms with Crippen LogP contribution in [0.2, 0.25) is 0 Å². The molecule has 3 heteroatoms. The molecule has 0 aromatic carbocycles. The number of rotatable bonds is 3. The summed E-state index contributed by atoms with van der Waals surface area (Å²) in [6.07, 6.45) is 6.15. The Hall–Kier alpha value is -0.410. The molecule has 1 aliphatic carbocycles. The summed E-state index contributed by atoms with van der Waals surface area (Å²) in [5.74, 6) is 0.685. The predicted octanol–water partition coefficient (Wildman–Crippen LogP) is 4.53. The van der Waals surface area contributed by atoms with Crippen LogP contribution in [0.15, 0.2) is 5.38 Å². The van der Waals surface area contributed by atoms with Crippen LogP contribution in [-0.4, -0.2) is 11.0 Å². The van der Waals surface area contributed by atoms with Crippen molar-refractivity contribution in [3.05, 3.63) is 16.1 Å². The zero-order valence-corrected chi connectivity index (χ0v) is 14.5. The van der Waals surface area contributed by atoms with Gasteiger partial charge in [0.05, 0.1) is 10.7 Å². The van der Waals surface area contributed by atoms with E-state index in [-0.39, 0.29) is 11.5 Å². The van der Waals surface area contributed by atoms with Gasteiger partial charge in [-0.3, -0.25) is 0 Å². The molecule has 2 N–H and O–H groups in total. The second kappa shape index (κ2) is 5.76. The Morgan fingerprint density at radius 2 is 1.95 bits per heavy atom. The molecule has 0 bridgehead atoms. The van der Waals surface area contributed by atoms with Crippen molar-refractivity contribution in [2.24, 2.45) is 17.1 Å². The van der Waals surface area contributed by atoms with Gasteiger partial charge >= 0.3 is 0 Å². The lowest BCUT2D eigenvalue weighted by Gasteiger charge is -2.36. The van der Waals surface area contributed by atoms with Gasteiger partial charge in [0.2, 0.25) is 0 Å². The minimum atomic E-state index is 0.147. The summed E-state index contributed by atoms with van der Waals surface area (Å²) < 4.78 is 0. The van der Waals surface area contributed by atoms with Crippen LogP contribution >= 0.6 is 11.3 Å². The van der Waals surface area contributed by atoms with Crippen LogP contribution in [0.1, 0.15) is 71.0 Å². The first kappa shape index (κ1) is 16.0. The van der Waals surface area contributed by atoms with Crippen LogP contribution in [0.4, 0.5) is 0 Å². The molecule has 1 aliphatic rings. The molecule has 1 unspecified atom stereocenters. The van der Waals surface area contributed by atoms with E-state index >= 15 is 0 Å². The summed E-state index contributed by atoms with van der Waals surface area (Å²) in [6.45, 7) is 11.4. The zero-order chi connectivity index (χ0) is 15.0. The SMILES string of the molecule is CC1(C)CCC(C(N)Cc2nc(C(C)(C)C)cs2)CC1. The number of thiazole rings is 1. The summed E-state index contributed by atoms with van der Waals surface area (Å²) in [5.41, 5.74) is 8.33. The normalized spacial score (nSPS) is 21.9. The van der Waals surface area contributed by atoms with Gasteiger partial charge in [-0.15, -0.1) is 11.3 Å². The van der Waals surface area contributed by atoms with Crippen molar-refractivity contribution >= 4 is 11.3 Å². The molecule has 0 aliphatic heterocycles. The van der Waals surface area contributed by atoms with Crippen molar-refractivity contribution in [3.63, 3.8) is 0 Å². The first-order chi connectivity index (χ1) is 9.17. The summed E-state index contributed by atoms with van der Waals surface area (Å²) >= 11 is 1.78. The maximum absolute atomic E-state index is 6.45. The number of nitrogens with zero attached hydrogens (tertiary/aromatic N) is 1. The molecule has 0 spiro atoms. The Morgan fingerprint density at radius 1 is 1.35 bits per heavy atom. The lowest BCUT2D eigenvalue weighted by molar-refractivity contribution is 0.173. The molecule has 1 aromatic rings. The smallest absolute Gasteiger partial charge is 0.0944 e. The molecule has 0 radical (unpaired) electrons. The van der Waals surface area contributed by atoms with E-state index in [1.165, 1.54) is 36.4 Å². The van der Waals surface area contributed by atoms with E-state index in [1.54, 1.807) is 11.3 Å². The molecule has 0 amide bonds. The third-order valence-corrected chi connectivity index (χ3v) is 5.59. The van der Waals surface area contributed by atoms with Crippen molar-refractivity contribution in [2.75, 3.05) is 0 Å². The number of hydrogen-bond acceptors (Lipinski definition) is 3. The lowest BCUT2D eigenvalue weighted by atomic mass is 9.71. The Morgan fingerprint density at radius 3 is 2.45 bits per heavy atom. The summed E-state index contributed by atoms with van der Waals surface area (Å²) in [5, 5.41) is 3.42. The van der Waals surface area contributed by atoms with Gasteiger partial charge < -0.3 is 5.73 Å². The second-order valence-electron chi connectivity index (χ2n) is 8.25. The largest absolute Gasteiger partial charge is 0.327 e. The third-order valence-electron chi connectivity index (χ3n) is 4.72. The van der Waals surface area contributed by atoms with Gasteiger partial charge in [0.1, 0.15) is 0 Å². The molecule has 2 rings (SSSR count). The Labute approximate surface area is 128 Å². The van der Waals surface area contributed by atoms with Crippen molar-refractivity contribution in [3.8, 4) is 0 Å². The fourth-order valence-electron chi connectivity index (χ4n) is 2.97. The summed E-state index contributed by atoms with van der Waals surface area (Å²) in [4.78, 5) is 4.78. The molecular formula is C17H30N2S. The standard InChI is InChI=1S/C17H30N2S/c1-16(2,3)14-11-20-15(19-14)10-13(18)12-6-8-17(4,5)9-7-12/h11-13H,6-10,18H2,1-5H3. The molecule has 20 heavy (non-hydrogen) atoms. The molecule has 1 aromatic heterocycles. The van der Waals surface area contributed by atoms with Gasteiger partial charge in [-0.1, -0.05) is 34.6 Å². The Bertz CT molecular complexity index is 432. The van der Waals surface area contributed by atoms with Gasteiger partial charge in [0, 0.05) is 23.3 Å². The number of aromatic nitrogens is 1. The second-order valence-corrected chi connectivity index (χ2v) is 9.19. The Kier molecular flexibility index (Phi) is 4.60. The molecule has 1 atom stereocenters. The minimum Gasteiger partial charge on any atom is -0.327 e. The highest BCUT2D eigenvalue weighted by atomic mass is 32.1. The van der Waals surface area contributed by atoms with E-state index in [9.17, 15) is 0 Å². The van der Waals surface area contributed by atoms with Gasteiger partial charge in [-0.25, -0.2) is 4.98 Å². The molecule has 1 fully saturated rings. The average Bonchev–Trinajstić information content (AvgIpc) is 2.77. The van der Waals surface area contributed by atoms with E-state index in [2.05, 4.69) is 40.0 Å². The molecule has 114 valence electrons. The number of nitrogens with two attached hydrogens (primary N) is 1. The van der Waals surface area contributed by atoms with Crippen LogP contribution in [0, 0.1) is 11.3 Å². The van der Waals surface area contributed by atoms with E-state index in [0.29, 0.717) is 11.3 Å². The van der Waals surface area contributed by atoms with E-state index in [1.807, 2.05) is 0 Å². The molecule has 0 saturated heterocycles. The van der Waals surface area contributed by atoms with Crippen LogP contribution in [0.25, 0.3) is 0 Å². The summed E-state index contributed by atoms with van der Waals surface area (Å²) in [6, 6.07) is 0.282. The average molecular weight is 295 g/mol.